The number of aromatic amines is 1. The number of H-pyrrole nitrogens is 1. The Morgan fingerprint density at radius 2 is 2.00 bits per heavy atom. The lowest BCUT2D eigenvalue weighted by atomic mass is 10.1. The fourth-order valence-electron chi connectivity index (χ4n) is 1.82. The first kappa shape index (κ1) is 8.35. The molecule has 2 rings (SSSR count). The van der Waals surface area contributed by atoms with Gasteiger partial charge in [-0.3, -0.25) is 5.73 Å². The van der Waals surface area contributed by atoms with Gasteiger partial charge in [0.05, 0.1) is 12.3 Å². The van der Waals surface area contributed by atoms with Crippen molar-refractivity contribution in [1.82, 2.24) is 0 Å². The van der Waals surface area contributed by atoms with Crippen LogP contribution in [0.25, 0.3) is 0 Å². The minimum atomic E-state index is 0.739. The number of piperidine rings is 1. The third-order valence-corrected chi connectivity index (χ3v) is 2.53. The van der Waals surface area contributed by atoms with E-state index < -0.39 is 0 Å². The molecule has 0 amide bonds. The Bertz CT molecular complexity index is 279. The maximum atomic E-state index is 5.68. The predicted molar refractivity (Wildman–Crippen MR) is 53.5 cm³/mol. The minimum Gasteiger partial charge on any atom is -0.371 e. The predicted octanol–water partition coefficient (Wildman–Crippen LogP) is 1.07. The van der Waals surface area contributed by atoms with Crippen LogP contribution >= 0.6 is 0 Å². The summed E-state index contributed by atoms with van der Waals surface area (Å²) in [5, 5.41) is 0. The second kappa shape index (κ2) is 3.64. The third kappa shape index (κ3) is 1.91. The lowest BCUT2D eigenvalue weighted by molar-refractivity contribution is -0.360. The number of anilines is 2. The second-order valence-corrected chi connectivity index (χ2v) is 3.55. The number of nitrogens with two attached hydrogens (primary N) is 1. The van der Waals surface area contributed by atoms with Gasteiger partial charge in [-0.25, -0.2) is 4.98 Å². The van der Waals surface area contributed by atoms with E-state index in [4.69, 9.17) is 5.73 Å². The highest BCUT2D eigenvalue weighted by molar-refractivity contribution is 5.49. The van der Waals surface area contributed by atoms with Gasteiger partial charge >= 0.3 is 0 Å². The maximum absolute atomic E-state index is 5.68. The molecule has 0 unspecified atom stereocenters. The number of nitrogens with one attached hydrogen (secondary N) is 1. The van der Waals surface area contributed by atoms with Crippen LogP contribution in [-0.2, 0) is 0 Å². The van der Waals surface area contributed by atoms with Crippen LogP contribution in [0.1, 0.15) is 19.3 Å². The number of aromatic nitrogens is 1. The van der Waals surface area contributed by atoms with E-state index in [2.05, 4.69) is 16.0 Å². The van der Waals surface area contributed by atoms with E-state index in [1.54, 1.807) is 0 Å². The number of hydrogen-bond donors (Lipinski definition) is 1. The average molecular weight is 178 g/mol. The van der Waals surface area contributed by atoms with Crippen molar-refractivity contribution in [2.24, 2.45) is 0 Å². The summed E-state index contributed by atoms with van der Waals surface area (Å²) in [5.41, 5.74) is 6.93. The third-order valence-electron chi connectivity index (χ3n) is 2.53. The van der Waals surface area contributed by atoms with Crippen LogP contribution in [0.5, 0.6) is 0 Å². The largest absolute Gasteiger partial charge is 0.371 e. The van der Waals surface area contributed by atoms with Gasteiger partial charge in [0.2, 0.25) is 0 Å². The molecule has 1 aliphatic rings. The lowest BCUT2D eigenvalue weighted by Gasteiger charge is -2.28. The summed E-state index contributed by atoms with van der Waals surface area (Å²) < 4.78 is 0. The molecule has 1 aliphatic heterocycles. The van der Waals surface area contributed by atoms with Crippen LogP contribution in [-0.4, -0.2) is 13.1 Å². The molecule has 1 saturated heterocycles. The van der Waals surface area contributed by atoms with Gasteiger partial charge in [0.15, 0.2) is 0 Å². The lowest BCUT2D eigenvalue weighted by Crippen LogP contribution is -2.29. The van der Waals surface area contributed by atoms with Gasteiger partial charge in [0.25, 0.3) is 5.82 Å². The van der Waals surface area contributed by atoms with Gasteiger partial charge < -0.3 is 4.90 Å². The van der Waals surface area contributed by atoms with Crippen molar-refractivity contribution in [2.75, 3.05) is 23.7 Å². The minimum absolute atomic E-state index is 0.739. The highest BCUT2D eigenvalue weighted by Gasteiger charge is 2.11. The van der Waals surface area contributed by atoms with Crippen molar-refractivity contribution in [2.45, 2.75) is 19.3 Å². The Balaban J connectivity index is 2.14. The zero-order valence-corrected chi connectivity index (χ0v) is 7.79. The van der Waals surface area contributed by atoms with E-state index in [0.29, 0.717) is 0 Å². The smallest absolute Gasteiger partial charge is 0.272 e. The van der Waals surface area contributed by atoms with Gasteiger partial charge in [-0.1, -0.05) is 0 Å². The molecule has 70 valence electrons. The Kier molecular flexibility index (Phi) is 2.34. The average Bonchev–Trinajstić information content (AvgIpc) is 2.19. The number of nitrogen functional groups attached to an aromatic ring is 1. The SMILES string of the molecule is Nc1cc(N2CCCCC2)cc[nH+]1. The quantitative estimate of drug-likeness (QED) is 0.699. The standard InChI is InChI=1S/C10H15N3/c11-10-8-9(4-5-12-10)13-6-2-1-3-7-13/h4-5,8H,1-3,6-7H2,(H2,11,12)/p+1. The Hall–Kier alpha value is -1.25. The van der Waals surface area contributed by atoms with E-state index >= 15 is 0 Å². The molecule has 3 N–H and O–H groups in total. The van der Waals surface area contributed by atoms with Gasteiger partial charge in [0.1, 0.15) is 0 Å². The first-order valence-corrected chi connectivity index (χ1v) is 4.88. The highest BCUT2D eigenvalue weighted by atomic mass is 15.1. The van der Waals surface area contributed by atoms with Gasteiger partial charge in [-0.15, -0.1) is 0 Å². The van der Waals surface area contributed by atoms with E-state index in [1.165, 1.54) is 38.0 Å². The molecule has 0 bridgehead atoms. The summed E-state index contributed by atoms with van der Waals surface area (Å²) in [6, 6.07) is 4.09. The van der Waals surface area contributed by atoms with E-state index in [1.807, 2.05) is 12.3 Å². The van der Waals surface area contributed by atoms with E-state index in [0.717, 1.165) is 5.82 Å². The molecule has 1 fully saturated rings. The van der Waals surface area contributed by atoms with Gasteiger partial charge in [-0.2, -0.15) is 0 Å². The summed E-state index contributed by atoms with van der Waals surface area (Å²) in [7, 11) is 0. The molecule has 0 atom stereocenters. The van der Waals surface area contributed by atoms with Crippen LogP contribution in [0, 0.1) is 0 Å². The zero-order chi connectivity index (χ0) is 9.10. The van der Waals surface area contributed by atoms with Crippen molar-refractivity contribution in [3.05, 3.63) is 18.3 Å². The molecule has 1 aromatic heterocycles. The Morgan fingerprint density at radius 1 is 1.23 bits per heavy atom. The molecule has 1 aromatic rings. The molecule has 3 nitrogen and oxygen atoms in total. The molecule has 0 aliphatic carbocycles. The normalized spacial score (nSPS) is 17.4. The van der Waals surface area contributed by atoms with Crippen molar-refractivity contribution in [3.8, 4) is 0 Å². The van der Waals surface area contributed by atoms with Crippen LogP contribution in [0.3, 0.4) is 0 Å². The summed E-state index contributed by atoms with van der Waals surface area (Å²) in [6.07, 6.45) is 5.88. The molecule has 0 aromatic carbocycles. The number of nitrogens with zero attached hydrogens (tertiary/aromatic N) is 1. The number of rotatable bonds is 1. The molecule has 2 heterocycles. The number of pyridine rings is 1. The zero-order valence-electron chi connectivity index (χ0n) is 7.79. The molecule has 3 heteroatoms. The fourth-order valence-corrected chi connectivity index (χ4v) is 1.82. The molecule has 0 spiro atoms. The van der Waals surface area contributed by atoms with E-state index in [-0.39, 0.29) is 0 Å². The summed E-state index contributed by atoms with van der Waals surface area (Å²) in [6.45, 7) is 2.34. The summed E-state index contributed by atoms with van der Waals surface area (Å²) in [4.78, 5) is 5.36. The van der Waals surface area contributed by atoms with E-state index in [9.17, 15) is 0 Å². The molecule has 0 saturated carbocycles. The van der Waals surface area contributed by atoms with Crippen molar-refractivity contribution >= 4 is 11.5 Å². The topological polar surface area (TPSA) is 43.4 Å². The summed E-state index contributed by atoms with van der Waals surface area (Å²) in [5.74, 6) is 0.739. The molecular formula is C10H16N3+. The van der Waals surface area contributed by atoms with Crippen LogP contribution in [0.4, 0.5) is 11.5 Å². The van der Waals surface area contributed by atoms with Crippen LogP contribution in [0.2, 0.25) is 0 Å². The second-order valence-electron chi connectivity index (χ2n) is 3.55. The Morgan fingerprint density at radius 3 is 2.69 bits per heavy atom. The first-order valence-electron chi connectivity index (χ1n) is 4.88. The van der Waals surface area contributed by atoms with Crippen LogP contribution in [0.15, 0.2) is 18.3 Å². The first-order chi connectivity index (χ1) is 6.36. The Labute approximate surface area is 78.6 Å². The molecular weight excluding hydrogens is 162 g/mol. The van der Waals surface area contributed by atoms with Crippen molar-refractivity contribution in [1.29, 1.82) is 0 Å². The van der Waals surface area contributed by atoms with Crippen molar-refractivity contribution in [3.63, 3.8) is 0 Å². The maximum Gasteiger partial charge on any atom is 0.272 e. The highest BCUT2D eigenvalue weighted by Crippen LogP contribution is 2.19. The van der Waals surface area contributed by atoms with Gasteiger partial charge in [-0.05, 0) is 19.3 Å². The molecule has 0 radical (unpaired) electrons. The fraction of sp³-hybridized carbons (Fsp3) is 0.500. The monoisotopic (exact) mass is 178 g/mol. The van der Waals surface area contributed by atoms with Gasteiger partial charge in [0, 0.05) is 24.8 Å². The van der Waals surface area contributed by atoms with Crippen LogP contribution < -0.4 is 15.6 Å². The van der Waals surface area contributed by atoms with Crippen molar-refractivity contribution < 1.29 is 4.98 Å². The molecule has 13 heavy (non-hydrogen) atoms. The summed E-state index contributed by atoms with van der Waals surface area (Å²) >= 11 is 0. The number of hydrogen-bond acceptors (Lipinski definition) is 2.